The molecular formula is C9H13O2SY-. The summed E-state index contributed by atoms with van der Waals surface area (Å²) in [5, 5.41) is 0. The smallest absolute Gasteiger partial charge is 0 e. The van der Waals surface area contributed by atoms with Gasteiger partial charge in [-0.25, -0.2) is 0 Å². The molecule has 0 atom stereocenters. The second-order valence-corrected chi connectivity index (χ2v) is 2.83. The normalized spacial score (nSPS) is 8.23. The topological polar surface area (TPSA) is 34.1 Å². The first kappa shape index (κ1) is 15.7. The van der Waals surface area contributed by atoms with E-state index in [0.29, 0.717) is 0 Å². The molecule has 2 nitrogen and oxygen atoms in total. The van der Waals surface area contributed by atoms with Crippen LogP contribution in [0.1, 0.15) is 19.4 Å². The van der Waals surface area contributed by atoms with Crippen LogP contribution in [0.3, 0.4) is 0 Å². The van der Waals surface area contributed by atoms with E-state index in [2.05, 4.69) is 0 Å². The van der Waals surface area contributed by atoms with Crippen LogP contribution in [0.5, 0.6) is 0 Å². The monoisotopic (exact) mass is 274 g/mol. The maximum absolute atomic E-state index is 10.2. The number of rotatable bonds is 2. The van der Waals surface area contributed by atoms with E-state index in [1.807, 2.05) is 32.0 Å². The molecule has 1 aromatic rings. The predicted octanol–water partition coefficient (Wildman–Crippen LogP) is 2.52. The third-order valence-corrected chi connectivity index (χ3v) is 1.70. The summed E-state index contributed by atoms with van der Waals surface area (Å²) in [6, 6.07) is 9.08. The van der Waals surface area contributed by atoms with Crippen molar-refractivity contribution in [2.24, 2.45) is 0 Å². The maximum Gasteiger partial charge on any atom is 0 e. The molecule has 0 fully saturated rings. The Morgan fingerprint density at radius 3 is 1.92 bits per heavy atom. The van der Waals surface area contributed by atoms with E-state index in [1.54, 1.807) is 12.1 Å². The van der Waals surface area contributed by atoms with Gasteiger partial charge >= 0.3 is 0 Å². The molecule has 0 aliphatic carbocycles. The Bertz CT molecular complexity index is 262. The van der Waals surface area contributed by atoms with Crippen LogP contribution >= 0.6 is 0 Å². The van der Waals surface area contributed by atoms with E-state index >= 15 is 0 Å². The van der Waals surface area contributed by atoms with E-state index in [-0.39, 0.29) is 38.5 Å². The van der Waals surface area contributed by atoms with Gasteiger partial charge in [-0.3, -0.25) is 0 Å². The summed E-state index contributed by atoms with van der Waals surface area (Å²) >= 11 is 0. The summed E-state index contributed by atoms with van der Waals surface area (Å²) in [7, 11) is -1.97. The average molecular weight is 274 g/mol. The van der Waals surface area contributed by atoms with Crippen LogP contribution in [0.2, 0.25) is 0 Å². The zero-order chi connectivity index (χ0) is 9.40. The Kier molecular flexibility index (Phi) is 12.5. The molecule has 0 spiro atoms. The van der Waals surface area contributed by atoms with Gasteiger partial charge in [-0.1, -0.05) is 60.4 Å². The van der Waals surface area contributed by atoms with Gasteiger partial charge in [0, 0.05) is 32.7 Å². The molecule has 0 amide bonds. The molecule has 13 heavy (non-hydrogen) atoms. The van der Waals surface area contributed by atoms with Crippen molar-refractivity contribution in [3.8, 4) is 0 Å². The van der Waals surface area contributed by atoms with Crippen LogP contribution in [0.4, 0.5) is 0 Å². The zero-order valence-electron chi connectivity index (χ0n) is 7.90. The van der Waals surface area contributed by atoms with Crippen molar-refractivity contribution >= 4 is 10.7 Å². The molecule has 0 aliphatic heterocycles. The summed E-state index contributed by atoms with van der Waals surface area (Å²) in [5.41, 5.74) is 0.829. The zero-order valence-corrected chi connectivity index (χ0v) is 11.6. The quantitative estimate of drug-likeness (QED) is 0.776. The first-order valence-electron chi connectivity index (χ1n) is 3.89. The van der Waals surface area contributed by atoms with Gasteiger partial charge in [-0.15, -0.1) is 0 Å². The fourth-order valence-corrected chi connectivity index (χ4v) is 1.17. The van der Waals surface area contributed by atoms with Gasteiger partial charge in [0.1, 0.15) is 0 Å². The van der Waals surface area contributed by atoms with Crippen molar-refractivity contribution in [3.05, 3.63) is 35.9 Å². The van der Waals surface area contributed by atoms with Crippen LogP contribution < -0.4 is 0 Å². The van der Waals surface area contributed by atoms with Crippen LogP contribution in [-0.2, 0) is 57.6 Å². The molecule has 0 saturated heterocycles. The molecule has 0 saturated carbocycles. The van der Waals surface area contributed by atoms with E-state index in [9.17, 15) is 8.42 Å². The summed E-state index contributed by atoms with van der Waals surface area (Å²) in [5.74, 6) is 0.112. The minimum Gasteiger partial charge on any atom is -0.424 e. The molecule has 0 aliphatic rings. The van der Waals surface area contributed by atoms with Crippen molar-refractivity contribution in [1.29, 1.82) is 0 Å². The molecule has 1 aromatic carbocycles. The van der Waals surface area contributed by atoms with Gasteiger partial charge in [0.05, 0.1) is 0 Å². The summed E-state index contributed by atoms with van der Waals surface area (Å²) < 4.78 is 20.3. The van der Waals surface area contributed by atoms with Crippen LogP contribution in [-0.4, -0.2) is 0 Å². The number of benzene rings is 1. The van der Waals surface area contributed by atoms with E-state index in [1.165, 1.54) is 0 Å². The van der Waals surface area contributed by atoms with E-state index in [0.717, 1.165) is 5.56 Å². The fourth-order valence-electron chi connectivity index (χ4n) is 0.710. The molecule has 1 radical (unpaired) electrons. The minimum atomic E-state index is -1.97. The Morgan fingerprint density at radius 2 is 1.54 bits per heavy atom. The molecular weight excluding hydrogens is 261 g/mol. The summed E-state index contributed by atoms with van der Waals surface area (Å²) in [6.07, 6.45) is 0. The Balaban J connectivity index is 0. The predicted molar refractivity (Wildman–Crippen MR) is 50.2 cm³/mol. The molecule has 0 N–H and O–H groups in total. The fraction of sp³-hybridized carbons (Fsp3) is 0.333. The molecule has 0 aromatic heterocycles. The molecule has 0 unspecified atom stereocenters. The number of hydrogen-bond donors (Lipinski definition) is 0. The van der Waals surface area contributed by atoms with Gasteiger partial charge in [-0.2, -0.15) is 0 Å². The number of hydrogen-bond acceptors (Lipinski definition) is 3. The van der Waals surface area contributed by atoms with Crippen LogP contribution in [0.15, 0.2) is 30.3 Å². The average Bonchev–Trinajstić information content (AvgIpc) is 2.08. The Morgan fingerprint density at radius 1 is 1.08 bits per heavy atom. The van der Waals surface area contributed by atoms with Crippen molar-refractivity contribution in [1.82, 2.24) is 0 Å². The third kappa shape index (κ3) is 8.60. The third-order valence-electron chi connectivity index (χ3n) is 1.13. The molecule has 1 rings (SSSR count). The second-order valence-electron chi connectivity index (χ2n) is 1.93. The molecule has 0 heterocycles. The van der Waals surface area contributed by atoms with Crippen molar-refractivity contribution in [3.63, 3.8) is 0 Å². The van der Waals surface area contributed by atoms with Crippen LogP contribution in [0.25, 0.3) is 0 Å². The maximum atomic E-state index is 10.2. The summed E-state index contributed by atoms with van der Waals surface area (Å²) in [6.45, 7) is 4.00. The van der Waals surface area contributed by atoms with Gasteiger partial charge in [0.2, 0.25) is 0 Å². The Hall–Kier alpha value is 0.274. The van der Waals surface area contributed by atoms with Gasteiger partial charge in [0.15, 0.2) is 0 Å². The standard InChI is InChI=1S/C7H7O2S.C2H6.Y/c8-10(9)6-7-4-2-1-3-5-7;1-2;/h1-5H,6H2;1-2H3;/q-1;;. The van der Waals surface area contributed by atoms with Gasteiger partial charge < -0.3 is 8.42 Å². The van der Waals surface area contributed by atoms with Crippen molar-refractivity contribution in [2.45, 2.75) is 19.6 Å². The Labute approximate surface area is 107 Å². The molecule has 4 heteroatoms. The van der Waals surface area contributed by atoms with Crippen LogP contribution in [0, 0.1) is 0 Å². The first-order valence-corrected chi connectivity index (χ1v) is 5.13. The van der Waals surface area contributed by atoms with Crippen molar-refractivity contribution in [2.75, 3.05) is 0 Å². The SMILES string of the molecule is CC.O=[S-](=O)Cc1ccccc1.[Y]. The van der Waals surface area contributed by atoms with Gasteiger partial charge in [0.25, 0.3) is 0 Å². The van der Waals surface area contributed by atoms with E-state index in [4.69, 9.17) is 0 Å². The van der Waals surface area contributed by atoms with E-state index < -0.39 is 10.7 Å². The molecule has 0 bridgehead atoms. The largest absolute Gasteiger partial charge is 0.424 e. The van der Waals surface area contributed by atoms with Gasteiger partial charge in [-0.05, 0) is 5.75 Å². The molecule has 71 valence electrons. The summed E-state index contributed by atoms with van der Waals surface area (Å²) in [4.78, 5) is 0. The first-order chi connectivity index (χ1) is 5.79. The minimum absolute atomic E-state index is 0. The second kappa shape index (κ2) is 10.4. The van der Waals surface area contributed by atoms with Crippen molar-refractivity contribution < 1.29 is 41.1 Å².